The molecular weight excluding hydrogens is 270 g/mol. The molecule has 0 fully saturated rings. The monoisotopic (exact) mass is 283 g/mol. The van der Waals surface area contributed by atoms with Crippen molar-refractivity contribution in [1.82, 2.24) is 4.72 Å². The number of sulfonamides is 1. The van der Waals surface area contributed by atoms with Crippen molar-refractivity contribution in [3.8, 4) is 0 Å². The minimum absolute atomic E-state index is 0.283. The first-order chi connectivity index (χ1) is 7.60. The van der Waals surface area contributed by atoms with Gasteiger partial charge in [0.25, 0.3) is 0 Å². The molecule has 1 aromatic rings. The van der Waals surface area contributed by atoms with E-state index in [0.29, 0.717) is 23.1 Å². The standard InChI is InChI=1S/C9H14ClNO3S2/c1-14-7-8(4-5-10)11-16(12,13)9-3-2-6-15-9/h2-3,6,8,11H,4-5,7H2,1H3. The van der Waals surface area contributed by atoms with Crippen molar-refractivity contribution in [2.75, 3.05) is 19.6 Å². The van der Waals surface area contributed by atoms with E-state index in [1.807, 2.05) is 0 Å². The molecule has 1 rings (SSSR count). The Morgan fingerprint density at radius 3 is 2.88 bits per heavy atom. The highest BCUT2D eigenvalue weighted by molar-refractivity contribution is 7.91. The molecule has 1 heterocycles. The molecule has 0 saturated heterocycles. The number of ether oxygens (including phenoxy) is 1. The molecule has 1 atom stereocenters. The minimum Gasteiger partial charge on any atom is -0.383 e. The van der Waals surface area contributed by atoms with Crippen LogP contribution in [-0.4, -0.2) is 34.1 Å². The van der Waals surface area contributed by atoms with E-state index in [0.717, 1.165) is 0 Å². The average Bonchev–Trinajstić information content (AvgIpc) is 2.71. The molecular formula is C9H14ClNO3S2. The van der Waals surface area contributed by atoms with Gasteiger partial charge in [-0.2, -0.15) is 0 Å². The van der Waals surface area contributed by atoms with Gasteiger partial charge in [-0.3, -0.25) is 0 Å². The first-order valence-corrected chi connectivity index (χ1v) is 7.60. The number of nitrogens with one attached hydrogen (secondary N) is 1. The maximum atomic E-state index is 11.9. The summed E-state index contributed by atoms with van der Waals surface area (Å²) in [5, 5.41) is 1.72. The van der Waals surface area contributed by atoms with Crippen LogP contribution in [0.3, 0.4) is 0 Å². The normalized spacial score (nSPS) is 13.9. The third-order valence-corrected chi connectivity index (χ3v) is 5.04. The third kappa shape index (κ3) is 4.03. The van der Waals surface area contributed by atoms with E-state index in [1.165, 1.54) is 18.4 Å². The molecule has 0 spiro atoms. The fraction of sp³-hybridized carbons (Fsp3) is 0.556. The van der Waals surface area contributed by atoms with Crippen molar-refractivity contribution >= 4 is 33.0 Å². The Labute approximate surface area is 105 Å². The molecule has 7 heteroatoms. The van der Waals surface area contributed by atoms with Crippen LogP contribution in [0.15, 0.2) is 21.7 Å². The van der Waals surface area contributed by atoms with Gasteiger partial charge >= 0.3 is 0 Å². The number of alkyl halides is 1. The molecule has 0 aliphatic heterocycles. The Balaban J connectivity index is 2.70. The number of halogens is 1. The van der Waals surface area contributed by atoms with Crippen LogP contribution in [0.2, 0.25) is 0 Å². The van der Waals surface area contributed by atoms with Gasteiger partial charge in [-0.25, -0.2) is 13.1 Å². The maximum Gasteiger partial charge on any atom is 0.250 e. The maximum absolute atomic E-state index is 11.9. The lowest BCUT2D eigenvalue weighted by Crippen LogP contribution is -2.38. The van der Waals surface area contributed by atoms with Gasteiger partial charge in [0.1, 0.15) is 4.21 Å². The molecule has 0 saturated carbocycles. The highest BCUT2D eigenvalue weighted by Crippen LogP contribution is 2.16. The van der Waals surface area contributed by atoms with Crippen molar-refractivity contribution in [3.05, 3.63) is 17.5 Å². The number of thiophene rings is 1. The van der Waals surface area contributed by atoms with Crippen molar-refractivity contribution < 1.29 is 13.2 Å². The summed E-state index contributed by atoms with van der Waals surface area (Å²) in [6.07, 6.45) is 0.542. The second-order valence-electron chi connectivity index (χ2n) is 3.18. The van der Waals surface area contributed by atoms with E-state index >= 15 is 0 Å². The zero-order chi connectivity index (χ0) is 12.0. The van der Waals surface area contributed by atoms with Gasteiger partial charge in [-0.05, 0) is 17.9 Å². The molecule has 0 aromatic carbocycles. The second-order valence-corrected chi connectivity index (χ2v) is 6.45. The number of rotatable bonds is 7. The van der Waals surface area contributed by atoms with Gasteiger partial charge in [-0.1, -0.05) is 6.07 Å². The lowest BCUT2D eigenvalue weighted by Gasteiger charge is -2.15. The quantitative estimate of drug-likeness (QED) is 0.775. The molecule has 92 valence electrons. The van der Waals surface area contributed by atoms with E-state index < -0.39 is 10.0 Å². The minimum atomic E-state index is -3.43. The molecule has 0 radical (unpaired) electrons. The largest absolute Gasteiger partial charge is 0.383 e. The van der Waals surface area contributed by atoms with Crippen LogP contribution in [-0.2, 0) is 14.8 Å². The Hall–Kier alpha value is -0.140. The first kappa shape index (κ1) is 13.9. The van der Waals surface area contributed by atoms with Crippen LogP contribution in [0.25, 0.3) is 0 Å². The molecule has 0 amide bonds. The van der Waals surface area contributed by atoms with Gasteiger partial charge in [-0.15, -0.1) is 22.9 Å². The van der Waals surface area contributed by atoms with Crippen LogP contribution >= 0.6 is 22.9 Å². The van der Waals surface area contributed by atoms with Crippen LogP contribution in [0, 0.1) is 0 Å². The predicted octanol–water partition coefficient (Wildman–Crippen LogP) is 1.67. The van der Waals surface area contributed by atoms with Crippen LogP contribution < -0.4 is 4.72 Å². The summed E-state index contributed by atoms with van der Waals surface area (Å²) >= 11 is 6.78. The SMILES string of the molecule is COCC(CCCl)NS(=O)(=O)c1cccs1. The van der Waals surface area contributed by atoms with E-state index in [-0.39, 0.29) is 6.04 Å². The second kappa shape index (κ2) is 6.56. The summed E-state index contributed by atoms with van der Waals surface area (Å²) in [5.41, 5.74) is 0. The molecule has 1 aromatic heterocycles. The predicted molar refractivity (Wildman–Crippen MR) is 65.6 cm³/mol. The molecule has 0 aliphatic carbocycles. The topological polar surface area (TPSA) is 55.4 Å². The highest BCUT2D eigenvalue weighted by atomic mass is 35.5. The summed E-state index contributed by atoms with van der Waals surface area (Å²) < 4.78 is 31.5. The number of hydrogen-bond acceptors (Lipinski definition) is 4. The van der Waals surface area contributed by atoms with Crippen LogP contribution in [0.5, 0.6) is 0 Å². The molecule has 4 nitrogen and oxygen atoms in total. The lowest BCUT2D eigenvalue weighted by molar-refractivity contribution is 0.173. The molecule has 16 heavy (non-hydrogen) atoms. The van der Waals surface area contributed by atoms with Gasteiger partial charge in [0.2, 0.25) is 10.0 Å². The highest BCUT2D eigenvalue weighted by Gasteiger charge is 2.20. The Morgan fingerprint density at radius 2 is 2.38 bits per heavy atom. The average molecular weight is 284 g/mol. The summed E-state index contributed by atoms with van der Waals surface area (Å²) in [5.74, 6) is 0.390. The Kier molecular flexibility index (Phi) is 5.71. The Bertz CT molecular complexity index is 385. The fourth-order valence-corrected chi connectivity index (χ4v) is 3.73. The van der Waals surface area contributed by atoms with Crippen molar-refractivity contribution in [3.63, 3.8) is 0 Å². The smallest absolute Gasteiger partial charge is 0.250 e. The van der Waals surface area contributed by atoms with E-state index in [2.05, 4.69) is 4.72 Å². The van der Waals surface area contributed by atoms with E-state index in [9.17, 15) is 8.42 Å². The van der Waals surface area contributed by atoms with Gasteiger partial charge in [0.05, 0.1) is 6.61 Å². The molecule has 1 N–H and O–H groups in total. The summed E-state index contributed by atoms with van der Waals surface area (Å²) in [7, 11) is -1.90. The molecule has 1 unspecified atom stereocenters. The van der Waals surface area contributed by atoms with Gasteiger partial charge < -0.3 is 4.74 Å². The zero-order valence-corrected chi connectivity index (χ0v) is 11.2. The van der Waals surface area contributed by atoms with E-state index in [1.54, 1.807) is 17.5 Å². The van der Waals surface area contributed by atoms with Gasteiger partial charge in [0, 0.05) is 19.0 Å². The van der Waals surface area contributed by atoms with Crippen molar-refractivity contribution in [2.45, 2.75) is 16.7 Å². The fourth-order valence-electron chi connectivity index (χ4n) is 1.20. The number of hydrogen-bond donors (Lipinski definition) is 1. The summed E-state index contributed by atoms with van der Waals surface area (Å²) in [6.45, 7) is 0.317. The molecule has 0 aliphatic rings. The number of methoxy groups -OCH3 is 1. The van der Waals surface area contributed by atoms with Crippen LogP contribution in [0.4, 0.5) is 0 Å². The summed E-state index contributed by atoms with van der Waals surface area (Å²) in [4.78, 5) is 0. The van der Waals surface area contributed by atoms with Crippen LogP contribution in [0.1, 0.15) is 6.42 Å². The van der Waals surface area contributed by atoms with Gasteiger partial charge in [0.15, 0.2) is 0 Å². The zero-order valence-electron chi connectivity index (χ0n) is 8.85. The lowest BCUT2D eigenvalue weighted by atomic mass is 10.3. The Morgan fingerprint density at radius 1 is 1.62 bits per heavy atom. The molecule has 0 bridgehead atoms. The summed E-state index contributed by atoms with van der Waals surface area (Å²) in [6, 6.07) is 2.98. The van der Waals surface area contributed by atoms with Crippen molar-refractivity contribution in [1.29, 1.82) is 0 Å². The van der Waals surface area contributed by atoms with Crippen molar-refractivity contribution in [2.24, 2.45) is 0 Å². The van der Waals surface area contributed by atoms with E-state index in [4.69, 9.17) is 16.3 Å². The first-order valence-electron chi connectivity index (χ1n) is 4.71. The third-order valence-electron chi connectivity index (χ3n) is 1.91.